The fourth-order valence-electron chi connectivity index (χ4n) is 1.79. The van der Waals surface area contributed by atoms with Crippen molar-refractivity contribution in [1.82, 2.24) is 10.3 Å². The molecule has 1 aromatic rings. The molecule has 118 valence electrons. The Morgan fingerprint density at radius 2 is 2.10 bits per heavy atom. The zero-order chi connectivity index (χ0) is 15.5. The zero-order valence-electron chi connectivity index (χ0n) is 12.7. The molecule has 5 nitrogen and oxygen atoms in total. The van der Waals surface area contributed by atoms with Crippen molar-refractivity contribution in [2.24, 2.45) is 0 Å². The molecule has 0 unspecified atom stereocenters. The molecule has 1 rings (SSSR count). The summed E-state index contributed by atoms with van der Waals surface area (Å²) in [6.45, 7) is 4.26. The number of methoxy groups -OCH3 is 1. The predicted octanol–water partition coefficient (Wildman–Crippen LogP) is 3.10. The van der Waals surface area contributed by atoms with Gasteiger partial charge in [0.25, 0.3) is 5.91 Å². The lowest BCUT2D eigenvalue weighted by atomic mass is 10.2. The Balaban J connectivity index is 2.45. The monoisotopic (exact) mass is 313 g/mol. The summed E-state index contributed by atoms with van der Waals surface area (Å²) in [4.78, 5) is 16.3. The molecule has 0 aliphatic heterocycles. The first-order valence-electron chi connectivity index (χ1n) is 7.36. The third-order valence-corrected chi connectivity index (χ3v) is 3.23. The summed E-state index contributed by atoms with van der Waals surface area (Å²) >= 11 is 6.04. The van der Waals surface area contributed by atoms with Gasteiger partial charge in [-0.3, -0.25) is 4.79 Å². The molecular weight excluding hydrogens is 290 g/mol. The number of aromatic nitrogens is 1. The number of anilines is 1. The van der Waals surface area contributed by atoms with E-state index in [9.17, 15) is 4.79 Å². The highest BCUT2D eigenvalue weighted by atomic mass is 35.5. The smallest absolute Gasteiger partial charge is 0.271 e. The Morgan fingerprint density at radius 3 is 2.81 bits per heavy atom. The van der Waals surface area contributed by atoms with Gasteiger partial charge < -0.3 is 15.4 Å². The van der Waals surface area contributed by atoms with Gasteiger partial charge in [0.05, 0.1) is 5.02 Å². The average Bonchev–Trinajstić information content (AvgIpc) is 2.49. The van der Waals surface area contributed by atoms with E-state index in [1.54, 1.807) is 19.2 Å². The number of nitrogens with one attached hydrogen (secondary N) is 2. The Bertz CT molecular complexity index is 441. The maximum Gasteiger partial charge on any atom is 0.271 e. The van der Waals surface area contributed by atoms with Gasteiger partial charge in [0.2, 0.25) is 0 Å². The van der Waals surface area contributed by atoms with Gasteiger partial charge >= 0.3 is 0 Å². The van der Waals surface area contributed by atoms with Crippen LogP contribution in [0.5, 0.6) is 0 Å². The topological polar surface area (TPSA) is 63.2 Å². The number of unbranched alkanes of at least 4 members (excludes halogenated alkanes) is 2. The van der Waals surface area contributed by atoms with E-state index >= 15 is 0 Å². The summed E-state index contributed by atoms with van der Waals surface area (Å²) in [5.41, 5.74) is 0.273. The highest BCUT2D eigenvalue weighted by molar-refractivity contribution is 6.33. The van der Waals surface area contributed by atoms with Crippen molar-refractivity contribution < 1.29 is 9.53 Å². The molecule has 0 spiro atoms. The molecule has 2 N–H and O–H groups in total. The molecule has 21 heavy (non-hydrogen) atoms. The summed E-state index contributed by atoms with van der Waals surface area (Å²) in [6, 6.07) is 3.47. The minimum Gasteiger partial charge on any atom is -0.385 e. The number of nitrogens with zero attached hydrogens (tertiary/aromatic N) is 1. The highest BCUT2D eigenvalue weighted by Gasteiger charge is 2.12. The fraction of sp³-hybridized carbons (Fsp3) is 0.600. The molecule has 0 aliphatic rings. The van der Waals surface area contributed by atoms with E-state index in [1.807, 2.05) is 0 Å². The second-order valence-electron chi connectivity index (χ2n) is 4.76. The van der Waals surface area contributed by atoms with Crippen LogP contribution in [0.4, 0.5) is 5.82 Å². The number of carbonyl (C=O) groups excluding carboxylic acids is 1. The van der Waals surface area contributed by atoms with Crippen LogP contribution >= 0.6 is 11.6 Å². The van der Waals surface area contributed by atoms with E-state index in [0.29, 0.717) is 17.4 Å². The summed E-state index contributed by atoms with van der Waals surface area (Å²) in [5.74, 6) is 0.443. The standard InChI is InChI=1S/C15H24ClN3O2/c1-3-9-17-13-8-7-12(16)14(19-13)15(20)18-10-5-4-6-11-21-2/h7-8H,3-6,9-11H2,1-2H3,(H,17,19)(H,18,20). The lowest BCUT2D eigenvalue weighted by Crippen LogP contribution is -2.26. The van der Waals surface area contributed by atoms with Gasteiger partial charge in [-0.15, -0.1) is 0 Å². The first-order chi connectivity index (χ1) is 10.2. The molecule has 0 saturated heterocycles. The molecule has 1 aromatic heterocycles. The first kappa shape index (κ1) is 17.7. The van der Waals surface area contributed by atoms with Crippen molar-refractivity contribution in [2.45, 2.75) is 32.6 Å². The Morgan fingerprint density at radius 1 is 1.29 bits per heavy atom. The molecule has 0 radical (unpaired) electrons. The molecule has 1 amide bonds. The summed E-state index contributed by atoms with van der Waals surface area (Å²) in [5, 5.41) is 6.36. The summed E-state index contributed by atoms with van der Waals surface area (Å²) in [6.07, 6.45) is 3.93. The van der Waals surface area contributed by atoms with Crippen LogP contribution < -0.4 is 10.6 Å². The van der Waals surface area contributed by atoms with Crippen LogP contribution in [0.15, 0.2) is 12.1 Å². The minimum atomic E-state index is -0.230. The lowest BCUT2D eigenvalue weighted by molar-refractivity contribution is 0.0948. The van der Waals surface area contributed by atoms with E-state index in [4.69, 9.17) is 16.3 Å². The predicted molar refractivity (Wildman–Crippen MR) is 86.1 cm³/mol. The average molecular weight is 314 g/mol. The van der Waals surface area contributed by atoms with Crippen LogP contribution in [0, 0.1) is 0 Å². The van der Waals surface area contributed by atoms with Gasteiger partial charge in [0, 0.05) is 26.8 Å². The second-order valence-corrected chi connectivity index (χ2v) is 5.17. The van der Waals surface area contributed by atoms with Crippen LogP contribution in [-0.4, -0.2) is 37.7 Å². The Hall–Kier alpha value is -1.33. The number of pyridine rings is 1. The molecule has 1 heterocycles. The van der Waals surface area contributed by atoms with Gasteiger partial charge in [0.1, 0.15) is 11.5 Å². The molecule has 0 aliphatic carbocycles. The van der Waals surface area contributed by atoms with E-state index in [-0.39, 0.29) is 11.6 Å². The first-order valence-corrected chi connectivity index (χ1v) is 7.74. The van der Waals surface area contributed by atoms with E-state index in [0.717, 1.165) is 38.8 Å². The molecule has 0 atom stereocenters. The number of carbonyl (C=O) groups is 1. The van der Waals surface area contributed by atoms with Crippen LogP contribution in [0.25, 0.3) is 0 Å². The summed E-state index contributed by atoms with van der Waals surface area (Å²) in [7, 11) is 1.69. The van der Waals surface area contributed by atoms with Gasteiger partial charge in [-0.25, -0.2) is 4.98 Å². The van der Waals surface area contributed by atoms with Gasteiger partial charge in [-0.2, -0.15) is 0 Å². The molecular formula is C15H24ClN3O2. The maximum absolute atomic E-state index is 12.1. The number of ether oxygens (including phenoxy) is 1. The summed E-state index contributed by atoms with van der Waals surface area (Å²) < 4.78 is 4.98. The van der Waals surface area contributed by atoms with Crippen molar-refractivity contribution in [3.63, 3.8) is 0 Å². The van der Waals surface area contributed by atoms with E-state index in [1.165, 1.54) is 0 Å². The van der Waals surface area contributed by atoms with Crippen LogP contribution in [0.2, 0.25) is 5.02 Å². The lowest BCUT2D eigenvalue weighted by Gasteiger charge is -2.09. The SMILES string of the molecule is CCCNc1ccc(Cl)c(C(=O)NCCCCCOC)n1. The van der Waals surface area contributed by atoms with Crippen molar-refractivity contribution in [1.29, 1.82) is 0 Å². The molecule has 0 saturated carbocycles. The van der Waals surface area contributed by atoms with E-state index < -0.39 is 0 Å². The molecule has 6 heteroatoms. The number of hydrogen-bond acceptors (Lipinski definition) is 4. The normalized spacial score (nSPS) is 10.4. The number of halogens is 1. The Labute approximate surface area is 131 Å². The van der Waals surface area contributed by atoms with Crippen LogP contribution in [0.3, 0.4) is 0 Å². The number of rotatable bonds is 10. The number of amides is 1. The van der Waals surface area contributed by atoms with Crippen molar-refractivity contribution in [2.75, 3.05) is 32.1 Å². The minimum absolute atomic E-state index is 0.230. The van der Waals surface area contributed by atoms with Crippen LogP contribution in [-0.2, 0) is 4.74 Å². The molecule has 0 aromatic carbocycles. The molecule has 0 fully saturated rings. The van der Waals surface area contributed by atoms with Crippen molar-refractivity contribution >= 4 is 23.3 Å². The third kappa shape index (κ3) is 6.78. The van der Waals surface area contributed by atoms with Crippen molar-refractivity contribution in [3.05, 3.63) is 22.8 Å². The number of hydrogen-bond donors (Lipinski definition) is 2. The third-order valence-electron chi connectivity index (χ3n) is 2.93. The largest absolute Gasteiger partial charge is 0.385 e. The van der Waals surface area contributed by atoms with Gasteiger partial charge in [-0.1, -0.05) is 18.5 Å². The maximum atomic E-state index is 12.1. The van der Waals surface area contributed by atoms with Crippen LogP contribution in [0.1, 0.15) is 43.1 Å². The Kier molecular flexibility index (Phi) is 8.78. The quantitative estimate of drug-likeness (QED) is 0.652. The fourth-order valence-corrected chi connectivity index (χ4v) is 1.98. The zero-order valence-corrected chi connectivity index (χ0v) is 13.5. The van der Waals surface area contributed by atoms with Crippen molar-refractivity contribution in [3.8, 4) is 0 Å². The van der Waals surface area contributed by atoms with E-state index in [2.05, 4.69) is 22.5 Å². The van der Waals surface area contributed by atoms with Gasteiger partial charge in [0.15, 0.2) is 0 Å². The van der Waals surface area contributed by atoms with Gasteiger partial charge in [-0.05, 0) is 37.8 Å². The molecule has 0 bridgehead atoms. The highest BCUT2D eigenvalue weighted by Crippen LogP contribution is 2.16. The second kappa shape index (κ2) is 10.4.